The molecule has 3 rings (SSSR count). The molecule has 4 nitrogen and oxygen atoms in total. The van der Waals surface area contributed by atoms with Gasteiger partial charge in [0.05, 0.1) is 5.69 Å². The van der Waals surface area contributed by atoms with Crippen LogP contribution in [0.15, 0.2) is 10.9 Å². The molecule has 2 bridgehead atoms. The van der Waals surface area contributed by atoms with Crippen LogP contribution in [0.2, 0.25) is 0 Å². The van der Waals surface area contributed by atoms with Crippen LogP contribution in [0.5, 0.6) is 0 Å². The van der Waals surface area contributed by atoms with E-state index in [2.05, 4.69) is 22.2 Å². The lowest BCUT2D eigenvalue weighted by Gasteiger charge is -2.20. The quantitative estimate of drug-likeness (QED) is 0.852. The van der Waals surface area contributed by atoms with Crippen LogP contribution in [0.3, 0.4) is 0 Å². The number of aromatic amines is 1. The van der Waals surface area contributed by atoms with Crippen molar-refractivity contribution in [1.82, 2.24) is 15.3 Å². The summed E-state index contributed by atoms with van der Waals surface area (Å²) in [5.74, 6) is 3.07. The molecule has 3 unspecified atom stereocenters. The van der Waals surface area contributed by atoms with Crippen molar-refractivity contribution < 1.29 is 0 Å². The first-order valence-electron chi connectivity index (χ1n) is 7.07. The minimum atomic E-state index is -0.00400. The van der Waals surface area contributed by atoms with Crippen molar-refractivity contribution in [2.45, 2.75) is 45.1 Å². The molecule has 18 heavy (non-hydrogen) atoms. The lowest BCUT2D eigenvalue weighted by molar-refractivity contribution is 0.403. The van der Waals surface area contributed by atoms with Crippen LogP contribution in [-0.4, -0.2) is 16.5 Å². The second-order valence-corrected chi connectivity index (χ2v) is 5.68. The van der Waals surface area contributed by atoms with E-state index in [0.29, 0.717) is 12.5 Å². The molecule has 2 N–H and O–H groups in total. The lowest BCUT2D eigenvalue weighted by atomic mass is 9.88. The van der Waals surface area contributed by atoms with E-state index in [1.807, 2.05) is 0 Å². The molecule has 2 fully saturated rings. The van der Waals surface area contributed by atoms with E-state index < -0.39 is 0 Å². The van der Waals surface area contributed by atoms with Gasteiger partial charge in [-0.15, -0.1) is 0 Å². The van der Waals surface area contributed by atoms with Crippen molar-refractivity contribution in [2.75, 3.05) is 6.54 Å². The smallest absolute Gasteiger partial charge is 0.251 e. The molecular formula is C14H21N3O. The number of aromatic nitrogens is 2. The maximum atomic E-state index is 11.7. The van der Waals surface area contributed by atoms with Crippen molar-refractivity contribution in [3.8, 4) is 0 Å². The highest BCUT2D eigenvalue weighted by Crippen LogP contribution is 2.51. The Hall–Kier alpha value is -1.16. The second-order valence-electron chi connectivity index (χ2n) is 5.68. The first kappa shape index (κ1) is 11.9. The minimum Gasteiger partial charge on any atom is -0.311 e. The van der Waals surface area contributed by atoms with Crippen LogP contribution >= 0.6 is 0 Å². The third kappa shape index (κ3) is 2.21. The van der Waals surface area contributed by atoms with E-state index >= 15 is 0 Å². The average Bonchev–Trinajstić information content (AvgIpc) is 2.98. The fourth-order valence-electron chi connectivity index (χ4n) is 3.63. The van der Waals surface area contributed by atoms with E-state index in [0.717, 1.165) is 29.9 Å². The van der Waals surface area contributed by atoms with Crippen molar-refractivity contribution in [1.29, 1.82) is 0 Å². The van der Waals surface area contributed by atoms with Gasteiger partial charge in [-0.25, -0.2) is 4.98 Å². The molecule has 0 radical (unpaired) electrons. The summed E-state index contributed by atoms with van der Waals surface area (Å²) in [6.45, 7) is 3.65. The van der Waals surface area contributed by atoms with Crippen LogP contribution in [-0.2, 0) is 6.54 Å². The summed E-state index contributed by atoms with van der Waals surface area (Å²) in [6.07, 6.45) is 5.25. The Morgan fingerprint density at radius 3 is 3.00 bits per heavy atom. The Bertz CT molecular complexity index is 482. The zero-order chi connectivity index (χ0) is 12.5. The van der Waals surface area contributed by atoms with Crippen molar-refractivity contribution in [3.63, 3.8) is 0 Å². The van der Waals surface area contributed by atoms with Gasteiger partial charge in [-0.2, -0.15) is 0 Å². The molecule has 0 aliphatic heterocycles. The molecule has 2 saturated carbocycles. The van der Waals surface area contributed by atoms with Crippen molar-refractivity contribution in [2.24, 2.45) is 11.8 Å². The van der Waals surface area contributed by atoms with Gasteiger partial charge in [0.25, 0.3) is 5.56 Å². The highest BCUT2D eigenvalue weighted by molar-refractivity contribution is 5.11. The monoisotopic (exact) mass is 247 g/mol. The molecule has 0 spiro atoms. The van der Waals surface area contributed by atoms with E-state index in [9.17, 15) is 4.79 Å². The van der Waals surface area contributed by atoms with Crippen LogP contribution in [0.4, 0.5) is 0 Å². The van der Waals surface area contributed by atoms with Crippen LogP contribution < -0.4 is 10.9 Å². The number of nitrogens with zero attached hydrogens (tertiary/aromatic N) is 1. The van der Waals surface area contributed by atoms with Gasteiger partial charge >= 0.3 is 0 Å². The summed E-state index contributed by atoms with van der Waals surface area (Å²) in [5, 5.41) is 3.23. The molecule has 0 amide bonds. The highest BCUT2D eigenvalue weighted by atomic mass is 16.1. The molecule has 98 valence electrons. The third-order valence-corrected chi connectivity index (χ3v) is 4.46. The van der Waals surface area contributed by atoms with E-state index in [-0.39, 0.29) is 5.56 Å². The molecular weight excluding hydrogens is 226 g/mol. The fourth-order valence-corrected chi connectivity index (χ4v) is 3.63. The number of rotatable bonds is 4. The number of nitrogens with one attached hydrogen (secondary N) is 2. The Balaban J connectivity index is 1.83. The maximum Gasteiger partial charge on any atom is 0.251 e. The molecule has 2 aliphatic rings. The molecule has 0 saturated heterocycles. The number of H-pyrrole nitrogens is 1. The average molecular weight is 247 g/mol. The van der Waals surface area contributed by atoms with Gasteiger partial charge in [0.15, 0.2) is 0 Å². The van der Waals surface area contributed by atoms with Gasteiger partial charge in [0, 0.05) is 18.5 Å². The van der Waals surface area contributed by atoms with Gasteiger partial charge in [0.1, 0.15) is 5.82 Å². The van der Waals surface area contributed by atoms with Crippen molar-refractivity contribution in [3.05, 3.63) is 27.9 Å². The molecule has 1 heterocycles. The Morgan fingerprint density at radius 2 is 2.33 bits per heavy atom. The first-order chi connectivity index (χ1) is 8.76. The normalized spacial score (nSPS) is 29.9. The molecule has 4 heteroatoms. The summed E-state index contributed by atoms with van der Waals surface area (Å²) < 4.78 is 0. The molecule has 3 atom stereocenters. The summed E-state index contributed by atoms with van der Waals surface area (Å²) in [5.41, 5.74) is 0.869. The molecule has 0 aromatic carbocycles. The maximum absolute atomic E-state index is 11.7. The minimum absolute atomic E-state index is 0.00400. The van der Waals surface area contributed by atoms with Crippen LogP contribution in [0.1, 0.15) is 50.0 Å². The van der Waals surface area contributed by atoms with E-state index in [1.165, 1.54) is 25.7 Å². The van der Waals surface area contributed by atoms with E-state index in [1.54, 1.807) is 6.07 Å². The lowest BCUT2D eigenvalue weighted by Crippen LogP contribution is -2.22. The second kappa shape index (κ2) is 4.84. The predicted molar refractivity (Wildman–Crippen MR) is 70.4 cm³/mol. The topological polar surface area (TPSA) is 57.8 Å². The van der Waals surface area contributed by atoms with Gasteiger partial charge in [-0.3, -0.25) is 4.79 Å². The van der Waals surface area contributed by atoms with Gasteiger partial charge in [-0.1, -0.05) is 13.3 Å². The van der Waals surface area contributed by atoms with Gasteiger partial charge in [-0.05, 0) is 37.6 Å². The SMILES string of the molecule is CCNCc1cc(=O)[nH]c(C2CC3CCC2C3)n1. The summed E-state index contributed by atoms with van der Waals surface area (Å²) in [4.78, 5) is 19.3. The summed E-state index contributed by atoms with van der Waals surface area (Å²) >= 11 is 0. The fraction of sp³-hybridized carbons (Fsp3) is 0.714. The summed E-state index contributed by atoms with van der Waals surface area (Å²) in [7, 11) is 0. The molecule has 1 aromatic heterocycles. The zero-order valence-electron chi connectivity index (χ0n) is 10.9. The Labute approximate surface area is 107 Å². The zero-order valence-corrected chi connectivity index (χ0v) is 10.9. The van der Waals surface area contributed by atoms with Gasteiger partial charge in [0.2, 0.25) is 0 Å². The number of hydrogen-bond acceptors (Lipinski definition) is 3. The Kier molecular flexibility index (Phi) is 3.20. The van der Waals surface area contributed by atoms with E-state index in [4.69, 9.17) is 0 Å². The first-order valence-corrected chi connectivity index (χ1v) is 7.07. The van der Waals surface area contributed by atoms with Gasteiger partial charge < -0.3 is 10.3 Å². The standard InChI is InChI=1S/C14H21N3O/c1-2-15-8-11-7-13(18)17-14(16-11)12-6-9-3-4-10(12)5-9/h7,9-10,12,15H,2-6,8H2,1H3,(H,16,17,18). The number of fused-ring (bicyclic) bond motifs is 2. The van der Waals surface area contributed by atoms with Crippen LogP contribution in [0.25, 0.3) is 0 Å². The molecule has 1 aromatic rings. The predicted octanol–water partition coefficient (Wildman–Crippen LogP) is 1.78. The summed E-state index contributed by atoms with van der Waals surface area (Å²) in [6, 6.07) is 1.61. The Morgan fingerprint density at radius 1 is 1.44 bits per heavy atom. The number of hydrogen-bond donors (Lipinski definition) is 2. The van der Waals surface area contributed by atoms with Crippen molar-refractivity contribution >= 4 is 0 Å². The molecule has 2 aliphatic carbocycles. The largest absolute Gasteiger partial charge is 0.311 e. The third-order valence-electron chi connectivity index (χ3n) is 4.46. The van der Waals surface area contributed by atoms with Crippen LogP contribution in [0, 0.1) is 11.8 Å². The highest BCUT2D eigenvalue weighted by Gasteiger charge is 2.41.